The van der Waals surface area contributed by atoms with Gasteiger partial charge in [-0.1, -0.05) is 6.07 Å². The molecule has 2 aromatic rings. The van der Waals surface area contributed by atoms with Crippen LogP contribution in [0.1, 0.15) is 10.4 Å². The summed E-state index contributed by atoms with van der Waals surface area (Å²) in [5, 5.41) is 0. The van der Waals surface area contributed by atoms with Crippen LogP contribution in [0.15, 0.2) is 47.4 Å². The molecule has 0 heterocycles. The molecule has 0 spiro atoms. The number of rotatable bonds is 4. The van der Waals surface area contributed by atoms with Crippen molar-refractivity contribution in [2.75, 3.05) is 18.8 Å². The predicted octanol–water partition coefficient (Wildman–Crippen LogP) is 2.47. The molecule has 2 rings (SSSR count). The van der Waals surface area contributed by atoms with Gasteiger partial charge in [-0.2, -0.15) is 0 Å². The van der Waals surface area contributed by atoms with E-state index in [1.807, 2.05) is 0 Å². The predicted molar refractivity (Wildman–Crippen MR) is 81.6 cm³/mol. The summed E-state index contributed by atoms with van der Waals surface area (Å²) in [4.78, 5) is 12.7. The molecule has 8 heteroatoms. The second-order valence-corrected chi connectivity index (χ2v) is 6.67. The van der Waals surface area contributed by atoms with E-state index in [1.165, 1.54) is 29.2 Å². The molecule has 1 amide bonds. The van der Waals surface area contributed by atoms with Crippen molar-refractivity contribution in [2.45, 2.75) is 4.90 Å². The van der Waals surface area contributed by atoms with Crippen LogP contribution in [0.2, 0.25) is 0 Å². The Balaban J connectivity index is 2.34. The number of hydrogen-bond donors (Lipinski definition) is 1. The molecule has 5 nitrogen and oxygen atoms in total. The number of amides is 1. The summed E-state index contributed by atoms with van der Waals surface area (Å²) in [5.41, 5.74) is 0.392. The number of halogens is 2. The Hall–Kier alpha value is -2.48. The first-order valence-electron chi connectivity index (χ1n) is 6.50. The fourth-order valence-corrected chi connectivity index (χ4v) is 2.96. The van der Waals surface area contributed by atoms with Crippen LogP contribution in [-0.2, 0) is 10.0 Å². The van der Waals surface area contributed by atoms with Crippen LogP contribution in [0.5, 0.6) is 0 Å². The highest BCUT2D eigenvalue weighted by Crippen LogP contribution is 2.19. The third kappa shape index (κ3) is 4.04. The molecular weight excluding hydrogens is 326 g/mol. The van der Waals surface area contributed by atoms with Gasteiger partial charge >= 0.3 is 0 Å². The van der Waals surface area contributed by atoms with Crippen LogP contribution in [0.4, 0.5) is 14.5 Å². The van der Waals surface area contributed by atoms with Crippen LogP contribution in [-0.4, -0.2) is 33.3 Å². The molecule has 0 fully saturated rings. The van der Waals surface area contributed by atoms with Gasteiger partial charge in [-0.05, 0) is 30.3 Å². The molecular formula is C15H14F2N2O3S. The largest absolute Gasteiger partial charge is 0.345 e. The standard InChI is InChI=1S/C15H14F2N2O3S/c1-19(2)15(20)10-4-3-5-13(6-10)18-23(21,22)14-8-11(16)7-12(17)9-14/h3-9,18H,1-2H3. The Morgan fingerprint density at radius 3 is 2.22 bits per heavy atom. The lowest BCUT2D eigenvalue weighted by Gasteiger charge is -2.12. The van der Waals surface area contributed by atoms with E-state index < -0.39 is 26.6 Å². The Morgan fingerprint density at radius 2 is 1.65 bits per heavy atom. The van der Waals surface area contributed by atoms with E-state index in [1.54, 1.807) is 14.1 Å². The fraction of sp³-hybridized carbons (Fsp3) is 0.133. The average Bonchev–Trinajstić information content (AvgIpc) is 2.45. The summed E-state index contributed by atoms with van der Waals surface area (Å²) in [6, 6.07) is 7.80. The van der Waals surface area contributed by atoms with Crippen molar-refractivity contribution in [2.24, 2.45) is 0 Å². The van der Waals surface area contributed by atoms with E-state index in [0.717, 1.165) is 0 Å². The van der Waals surface area contributed by atoms with E-state index in [0.29, 0.717) is 18.2 Å². The number of hydrogen-bond acceptors (Lipinski definition) is 3. The highest BCUT2D eigenvalue weighted by Gasteiger charge is 2.17. The van der Waals surface area contributed by atoms with Crippen LogP contribution in [0, 0.1) is 11.6 Å². The van der Waals surface area contributed by atoms with Gasteiger partial charge in [0.2, 0.25) is 0 Å². The van der Waals surface area contributed by atoms with Crippen LogP contribution >= 0.6 is 0 Å². The molecule has 0 aromatic heterocycles. The van der Waals surface area contributed by atoms with Crippen LogP contribution in [0.25, 0.3) is 0 Å². The Bertz CT molecular complexity index is 831. The fourth-order valence-electron chi connectivity index (χ4n) is 1.87. The molecule has 0 bridgehead atoms. The van der Waals surface area contributed by atoms with E-state index in [2.05, 4.69) is 4.72 Å². The van der Waals surface area contributed by atoms with Crippen molar-refractivity contribution in [3.63, 3.8) is 0 Å². The molecule has 122 valence electrons. The molecule has 0 atom stereocenters. The zero-order chi connectivity index (χ0) is 17.2. The number of nitrogens with one attached hydrogen (secondary N) is 1. The SMILES string of the molecule is CN(C)C(=O)c1cccc(NS(=O)(=O)c2cc(F)cc(F)c2)c1. The van der Waals surface area contributed by atoms with Gasteiger partial charge in [-0.3, -0.25) is 9.52 Å². The van der Waals surface area contributed by atoms with Crippen molar-refractivity contribution in [1.82, 2.24) is 4.90 Å². The Morgan fingerprint density at radius 1 is 1.04 bits per heavy atom. The van der Waals surface area contributed by atoms with E-state index in [-0.39, 0.29) is 17.2 Å². The first kappa shape index (κ1) is 16.9. The lowest BCUT2D eigenvalue weighted by Crippen LogP contribution is -2.22. The maximum Gasteiger partial charge on any atom is 0.262 e. The van der Waals surface area contributed by atoms with Gasteiger partial charge in [-0.15, -0.1) is 0 Å². The van der Waals surface area contributed by atoms with Gasteiger partial charge in [0.25, 0.3) is 15.9 Å². The second kappa shape index (κ2) is 6.33. The molecule has 0 aliphatic heterocycles. The summed E-state index contributed by atoms with van der Waals surface area (Å²) >= 11 is 0. The molecule has 0 aliphatic carbocycles. The van der Waals surface area contributed by atoms with Crippen LogP contribution < -0.4 is 4.72 Å². The number of nitrogens with zero attached hydrogens (tertiary/aromatic N) is 1. The van der Waals surface area contributed by atoms with Gasteiger partial charge < -0.3 is 4.90 Å². The normalized spacial score (nSPS) is 11.1. The Labute approximate surface area is 132 Å². The first-order valence-corrected chi connectivity index (χ1v) is 7.98. The van der Waals surface area contributed by atoms with Gasteiger partial charge in [-0.25, -0.2) is 17.2 Å². The zero-order valence-corrected chi connectivity index (χ0v) is 13.2. The number of sulfonamides is 1. The topological polar surface area (TPSA) is 66.5 Å². The number of carbonyl (C=O) groups is 1. The Kier molecular flexibility index (Phi) is 4.65. The third-order valence-electron chi connectivity index (χ3n) is 2.91. The highest BCUT2D eigenvalue weighted by molar-refractivity contribution is 7.92. The van der Waals surface area contributed by atoms with Crippen LogP contribution in [0.3, 0.4) is 0 Å². The first-order chi connectivity index (χ1) is 10.7. The highest BCUT2D eigenvalue weighted by atomic mass is 32.2. The number of carbonyl (C=O) groups excluding carboxylic acids is 1. The third-order valence-corrected chi connectivity index (χ3v) is 4.28. The minimum absolute atomic E-state index is 0.113. The molecule has 1 N–H and O–H groups in total. The molecule has 0 radical (unpaired) electrons. The lowest BCUT2D eigenvalue weighted by atomic mass is 10.2. The van der Waals surface area contributed by atoms with Crippen molar-refractivity contribution in [1.29, 1.82) is 0 Å². The lowest BCUT2D eigenvalue weighted by molar-refractivity contribution is 0.0827. The summed E-state index contributed by atoms with van der Waals surface area (Å²) in [5.74, 6) is -2.30. The molecule has 23 heavy (non-hydrogen) atoms. The second-order valence-electron chi connectivity index (χ2n) is 4.99. The maximum absolute atomic E-state index is 13.2. The molecule has 0 saturated carbocycles. The number of benzene rings is 2. The zero-order valence-electron chi connectivity index (χ0n) is 12.4. The summed E-state index contributed by atoms with van der Waals surface area (Å²) in [6.07, 6.45) is 0. The average molecular weight is 340 g/mol. The van der Waals surface area contributed by atoms with Crippen molar-refractivity contribution >= 4 is 21.6 Å². The van der Waals surface area contributed by atoms with Gasteiger partial charge in [0.1, 0.15) is 11.6 Å². The summed E-state index contributed by atoms with van der Waals surface area (Å²) < 4.78 is 52.9. The van der Waals surface area contributed by atoms with E-state index in [4.69, 9.17) is 0 Å². The van der Waals surface area contributed by atoms with Gasteiger partial charge in [0.05, 0.1) is 4.90 Å². The molecule has 0 saturated heterocycles. The minimum atomic E-state index is -4.18. The van der Waals surface area contributed by atoms with Gasteiger partial charge in [0.15, 0.2) is 0 Å². The van der Waals surface area contributed by atoms with E-state index >= 15 is 0 Å². The monoisotopic (exact) mass is 340 g/mol. The summed E-state index contributed by atoms with van der Waals surface area (Å²) in [6.45, 7) is 0. The summed E-state index contributed by atoms with van der Waals surface area (Å²) in [7, 11) is -1.05. The molecule has 0 aliphatic rings. The minimum Gasteiger partial charge on any atom is -0.345 e. The van der Waals surface area contributed by atoms with Crippen molar-refractivity contribution < 1.29 is 22.0 Å². The quantitative estimate of drug-likeness (QED) is 0.930. The number of anilines is 1. The van der Waals surface area contributed by atoms with Gasteiger partial charge in [0, 0.05) is 31.4 Å². The van der Waals surface area contributed by atoms with E-state index in [9.17, 15) is 22.0 Å². The molecule has 0 unspecified atom stereocenters. The smallest absolute Gasteiger partial charge is 0.262 e. The van der Waals surface area contributed by atoms with Crippen molar-refractivity contribution in [3.05, 3.63) is 59.7 Å². The maximum atomic E-state index is 13.2. The van der Waals surface area contributed by atoms with Crippen molar-refractivity contribution in [3.8, 4) is 0 Å². The molecule has 2 aromatic carbocycles.